The number of carbonyl (C=O) groups excluding carboxylic acids is 1. The molecule has 0 aromatic rings. The summed E-state index contributed by atoms with van der Waals surface area (Å²) in [4.78, 5) is 13.7. The molecule has 2 fully saturated rings. The molecule has 2 rings (SSSR count). The Morgan fingerprint density at radius 2 is 2.08 bits per heavy atom. The quantitative estimate of drug-likeness (QED) is 0.701. The summed E-state index contributed by atoms with van der Waals surface area (Å²) in [5.74, 6) is 0.149. The molecular formula is C19H36N2O3. The summed E-state index contributed by atoms with van der Waals surface area (Å²) in [7, 11) is 2.21. The molecule has 1 N–H and O–H groups in total. The average Bonchev–Trinajstić information content (AvgIpc) is 3.10. The summed E-state index contributed by atoms with van der Waals surface area (Å²) < 4.78 is 12.4. The lowest BCUT2D eigenvalue weighted by atomic mass is 9.95. The van der Waals surface area contributed by atoms with Gasteiger partial charge >= 0.3 is 0 Å². The van der Waals surface area contributed by atoms with Crippen molar-refractivity contribution in [1.82, 2.24) is 10.2 Å². The van der Waals surface area contributed by atoms with Crippen LogP contribution in [0.25, 0.3) is 0 Å². The first-order chi connectivity index (χ1) is 11.3. The van der Waals surface area contributed by atoms with Crippen LogP contribution < -0.4 is 5.32 Å². The molecule has 0 aromatic heterocycles. The van der Waals surface area contributed by atoms with Gasteiger partial charge in [-0.25, -0.2) is 0 Å². The fourth-order valence-corrected chi connectivity index (χ4v) is 3.80. The number of ether oxygens (including phenoxy) is 2. The molecule has 140 valence electrons. The van der Waals surface area contributed by atoms with Crippen LogP contribution in [0.2, 0.25) is 0 Å². The number of carbonyl (C=O) groups is 1. The van der Waals surface area contributed by atoms with E-state index in [1.165, 1.54) is 19.4 Å². The summed E-state index contributed by atoms with van der Waals surface area (Å²) in [5.41, 5.74) is -0.191. The van der Waals surface area contributed by atoms with E-state index in [1.807, 2.05) is 0 Å². The van der Waals surface area contributed by atoms with Crippen molar-refractivity contribution in [2.45, 2.75) is 96.1 Å². The summed E-state index contributed by atoms with van der Waals surface area (Å²) in [6, 6.07) is 0.706. The minimum absolute atomic E-state index is 0.149. The largest absolute Gasteiger partial charge is 0.374 e. The van der Waals surface area contributed by atoms with E-state index in [1.54, 1.807) is 0 Å². The molecule has 5 nitrogen and oxygen atoms in total. The number of nitrogens with one attached hydrogen (secondary N) is 1. The number of hydrogen-bond acceptors (Lipinski definition) is 4. The van der Waals surface area contributed by atoms with Gasteiger partial charge in [-0.15, -0.1) is 0 Å². The van der Waals surface area contributed by atoms with E-state index in [9.17, 15) is 4.79 Å². The molecular weight excluding hydrogens is 304 g/mol. The van der Waals surface area contributed by atoms with Gasteiger partial charge in [0, 0.05) is 12.5 Å². The van der Waals surface area contributed by atoms with Crippen molar-refractivity contribution in [2.24, 2.45) is 0 Å². The molecule has 0 radical (unpaired) electrons. The van der Waals surface area contributed by atoms with Crippen LogP contribution in [0.3, 0.4) is 0 Å². The molecule has 0 aliphatic carbocycles. The zero-order chi connectivity index (χ0) is 17.7. The van der Waals surface area contributed by atoms with Crippen LogP contribution in [0.4, 0.5) is 0 Å². The van der Waals surface area contributed by atoms with E-state index in [-0.39, 0.29) is 29.8 Å². The second kappa shape index (κ2) is 8.63. The second-order valence-electron chi connectivity index (χ2n) is 8.33. The number of likely N-dealkylation sites (N-methyl/N-ethyl adjacent to an activating group) is 1. The molecule has 2 aliphatic rings. The molecule has 1 amide bonds. The molecule has 3 atom stereocenters. The lowest BCUT2D eigenvalue weighted by molar-refractivity contribution is -0.119. The van der Waals surface area contributed by atoms with E-state index < -0.39 is 0 Å². The highest BCUT2D eigenvalue weighted by Crippen LogP contribution is 2.27. The smallest absolute Gasteiger partial charge is 0.220 e. The third kappa shape index (κ3) is 6.01. The molecule has 0 unspecified atom stereocenters. The molecule has 2 aliphatic heterocycles. The molecule has 5 heteroatoms. The fourth-order valence-electron chi connectivity index (χ4n) is 3.80. The van der Waals surface area contributed by atoms with Gasteiger partial charge < -0.3 is 19.7 Å². The normalized spacial score (nSPS) is 27.0. The average molecular weight is 341 g/mol. The molecule has 2 heterocycles. The van der Waals surface area contributed by atoms with Crippen molar-refractivity contribution >= 4 is 5.91 Å². The van der Waals surface area contributed by atoms with E-state index in [2.05, 4.69) is 45.0 Å². The van der Waals surface area contributed by atoms with Crippen LogP contribution >= 0.6 is 0 Å². The van der Waals surface area contributed by atoms with Gasteiger partial charge in [0.15, 0.2) is 0 Å². The maximum Gasteiger partial charge on any atom is 0.220 e. The molecule has 2 saturated heterocycles. The maximum atomic E-state index is 11.3. The van der Waals surface area contributed by atoms with E-state index >= 15 is 0 Å². The molecule has 0 bridgehead atoms. The highest BCUT2D eigenvalue weighted by atomic mass is 16.5. The van der Waals surface area contributed by atoms with Crippen molar-refractivity contribution in [3.05, 3.63) is 0 Å². The Kier molecular flexibility index (Phi) is 7.08. The highest BCUT2D eigenvalue weighted by Gasteiger charge is 2.33. The third-order valence-corrected chi connectivity index (χ3v) is 5.24. The van der Waals surface area contributed by atoms with Crippen molar-refractivity contribution in [3.63, 3.8) is 0 Å². The summed E-state index contributed by atoms with van der Waals surface area (Å²) >= 11 is 0. The number of rotatable bonds is 9. The SMILES string of the molecule is CC(C)O[C@H](CCC(C)(C)OC[C@@H]1CCC(=O)N1)[C@H]1CCCN1C. The minimum Gasteiger partial charge on any atom is -0.374 e. The van der Waals surface area contributed by atoms with Gasteiger partial charge in [0.25, 0.3) is 0 Å². The van der Waals surface area contributed by atoms with E-state index in [0.29, 0.717) is 19.1 Å². The second-order valence-corrected chi connectivity index (χ2v) is 8.33. The summed E-state index contributed by atoms with van der Waals surface area (Å²) in [6.45, 7) is 10.3. The highest BCUT2D eigenvalue weighted by molar-refractivity contribution is 5.78. The monoisotopic (exact) mass is 340 g/mol. The maximum absolute atomic E-state index is 11.3. The standard InChI is InChI=1S/C19H36N2O3/c1-14(2)24-17(16-7-6-12-21(16)5)10-11-19(3,4)23-13-15-8-9-18(22)20-15/h14-17H,6-13H2,1-5H3,(H,20,22)/t15-,16+,17+/m0/s1. The van der Waals surface area contributed by atoms with Crippen LogP contribution in [-0.2, 0) is 14.3 Å². The van der Waals surface area contributed by atoms with Crippen LogP contribution in [0, 0.1) is 0 Å². The Bertz CT molecular complexity index is 411. The van der Waals surface area contributed by atoms with Crippen molar-refractivity contribution in [1.29, 1.82) is 0 Å². The number of hydrogen-bond donors (Lipinski definition) is 1. The van der Waals surface area contributed by atoms with Gasteiger partial charge in [-0.2, -0.15) is 0 Å². The summed E-state index contributed by atoms with van der Waals surface area (Å²) in [5, 5.41) is 2.97. The Balaban J connectivity index is 1.81. The summed E-state index contributed by atoms with van der Waals surface area (Å²) in [6.07, 6.45) is 6.51. The zero-order valence-electron chi connectivity index (χ0n) is 16.1. The number of amides is 1. The molecule has 24 heavy (non-hydrogen) atoms. The van der Waals surface area contributed by atoms with E-state index in [4.69, 9.17) is 9.47 Å². The fraction of sp³-hybridized carbons (Fsp3) is 0.947. The lowest BCUT2D eigenvalue weighted by Crippen LogP contribution is -2.41. The Labute approximate surface area is 147 Å². The first kappa shape index (κ1) is 19.7. The van der Waals surface area contributed by atoms with Crippen molar-refractivity contribution in [2.75, 3.05) is 20.2 Å². The van der Waals surface area contributed by atoms with Gasteiger partial charge in [0.1, 0.15) is 0 Å². The predicted molar refractivity (Wildman–Crippen MR) is 96.1 cm³/mol. The zero-order valence-corrected chi connectivity index (χ0v) is 16.1. The Morgan fingerprint density at radius 3 is 2.62 bits per heavy atom. The third-order valence-electron chi connectivity index (χ3n) is 5.24. The van der Waals surface area contributed by atoms with Crippen LogP contribution in [0.15, 0.2) is 0 Å². The number of nitrogens with zero attached hydrogens (tertiary/aromatic N) is 1. The minimum atomic E-state index is -0.191. The van der Waals surface area contributed by atoms with Gasteiger partial charge in [-0.1, -0.05) is 0 Å². The molecule has 0 spiro atoms. The van der Waals surface area contributed by atoms with Crippen molar-refractivity contribution < 1.29 is 14.3 Å². The van der Waals surface area contributed by atoms with Crippen LogP contribution in [0.1, 0.15) is 66.2 Å². The van der Waals surface area contributed by atoms with Gasteiger partial charge in [0.05, 0.1) is 30.5 Å². The predicted octanol–water partition coefficient (Wildman–Crippen LogP) is 2.73. The lowest BCUT2D eigenvalue weighted by Gasteiger charge is -2.34. The first-order valence-electron chi connectivity index (χ1n) is 9.56. The van der Waals surface area contributed by atoms with E-state index in [0.717, 1.165) is 19.3 Å². The Morgan fingerprint density at radius 1 is 1.33 bits per heavy atom. The van der Waals surface area contributed by atoms with Crippen LogP contribution in [0.5, 0.6) is 0 Å². The molecule has 0 saturated carbocycles. The number of likely N-dealkylation sites (tertiary alicyclic amines) is 1. The van der Waals surface area contributed by atoms with Gasteiger partial charge in [-0.05, 0) is 73.4 Å². The van der Waals surface area contributed by atoms with Crippen LogP contribution in [-0.4, -0.2) is 60.9 Å². The Hall–Kier alpha value is -0.650. The van der Waals surface area contributed by atoms with Crippen molar-refractivity contribution in [3.8, 4) is 0 Å². The van der Waals surface area contributed by atoms with Gasteiger partial charge in [-0.3, -0.25) is 4.79 Å². The molecule has 0 aromatic carbocycles. The first-order valence-corrected chi connectivity index (χ1v) is 9.56. The topological polar surface area (TPSA) is 50.8 Å². The van der Waals surface area contributed by atoms with Gasteiger partial charge in [0.2, 0.25) is 5.91 Å².